The van der Waals surface area contributed by atoms with Gasteiger partial charge in [-0.05, 0) is 38.7 Å². The number of amides is 1. The average Bonchev–Trinajstić information content (AvgIpc) is 3.14. The SMILES string of the molecule is CC1(NC(=O)O[C@H]2C[C@@H](c3cc(Nc4nccc5nc(CN6CC(F)(F)C6)cn45)n[nH]3)C[C@H]2F)CC1. The maximum atomic E-state index is 14.6. The molecule has 3 fully saturated rings. The van der Waals surface area contributed by atoms with E-state index in [0.717, 1.165) is 18.5 Å². The molecule has 3 aromatic rings. The van der Waals surface area contributed by atoms with Crippen molar-refractivity contribution in [2.24, 2.45) is 0 Å². The molecule has 3 atom stereocenters. The van der Waals surface area contributed by atoms with Gasteiger partial charge in [0.25, 0.3) is 5.92 Å². The van der Waals surface area contributed by atoms with Gasteiger partial charge in [0, 0.05) is 42.2 Å². The number of H-pyrrole nitrogens is 1. The number of nitrogens with zero attached hydrogens (tertiary/aromatic N) is 5. The first-order chi connectivity index (χ1) is 17.1. The first-order valence-corrected chi connectivity index (χ1v) is 12.0. The quantitative estimate of drug-likeness (QED) is 0.451. The minimum atomic E-state index is -2.62. The number of fused-ring (bicyclic) bond motifs is 1. The summed E-state index contributed by atoms with van der Waals surface area (Å²) < 4.78 is 48.0. The van der Waals surface area contributed by atoms with Crippen molar-refractivity contribution >= 4 is 23.5 Å². The Bertz CT molecular complexity index is 1280. The Labute approximate surface area is 204 Å². The van der Waals surface area contributed by atoms with Crippen LogP contribution in [0.5, 0.6) is 0 Å². The zero-order valence-electron chi connectivity index (χ0n) is 19.7. The summed E-state index contributed by atoms with van der Waals surface area (Å²) in [5.74, 6) is -1.85. The third-order valence-electron chi connectivity index (χ3n) is 7.10. The second-order valence-electron chi connectivity index (χ2n) is 10.4. The molecule has 1 amide bonds. The van der Waals surface area contributed by atoms with Crippen molar-refractivity contribution in [1.82, 2.24) is 34.8 Å². The summed E-state index contributed by atoms with van der Waals surface area (Å²) >= 11 is 0. The summed E-state index contributed by atoms with van der Waals surface area (Å²) in [6, 6.07) is 3.51. The predicted octanol–water partition coefficient (Wildman–Crippen LogP) is 3.51. The number of nitrogens with one attached hydrogen (secondary N) is 3. The van der Waals surface area contributed by atoms with Gasteiger partial charge in [0.1, 0.15) is 17.9 Å². The van der Waals surface area contributed by atoms with Crippen molar-refractivity contribution in [3.05, 3.63) is 35.9 Å². The molecule has 3 aliphatic rings. The molecule has 2 aliphatic carbocycles. The van der Waals surface area contributed by atoms with Gasteiger partial charge in [-0.15, -0.1) is 0 Å². The van der Waals surface area contributed by atoms with E-state index in [1.807, 2.05) is 6.92 Å². The fourth-order valence-corrected chi connectivity index (χ4v) is 4.86. The van der Waals surface area contributed by atoms with E-state index in [9.17, 15) is 18.0 Å². The number of likely N-dealkylation sites (tertiary alicyclic amines) is 1. The second kappa shape index (κ2) is 8.36. The molecular formula is C23H27F3N8O2. The van der Waals surface area contributed by atoms with Crippen molar-refractivity contribution in [2.45, 2.75) is 68.8 Å². The highest BCUT2D eigenvalue weighted by molar-refractivity contribution is 5.69. The second-order valence-corrected chi connectivity index (χ2v) is 10.4. The molecule has 0 spiro atoms. The van der Waals surface area contributed by atoms with Crippen LogP contribution in [-0.4, -0.2) is 72.4 Å². The summed E-state index contributed by atoms with van der Waals surface area (Å²) in [5, 5.41) is 13.2. The molecule has 0 aromatic carbocycles. The number of carbonyl (C=O) groups is 1. The molecular weight excluding hydrogens is 477 g/mol. The number of hydrogen-bond donors (Lipinski definition) is 3. The van der Waals surface area contributed by atoms with Crippen LogP contribution in [0.4, 0.5) is 29.7 Å². The summed E-state index contributed by atoms with van der Waals surface area (Å²) in [6.07, 6.45) is 3.12. The van der Waals surface area contributed by atoms with Crippen LogP contribution in [-0.2, 0) is 11.3 Å². The van der Waals surface area contributed by atoms with E-state index in [2.05, 4.69) is 30.8 Å². The number of alkyl carbamates (subject to hydrolysis) is 1. The lowest BCUT2D eigenvalue weighted by atomic mass is 10.0. The molecule has 36 heavy (non-hydrogen) atoms. The van der Waals surface area contributed by atoms with Crippen molar-refractivity contribution in [1.29, 1.82) is 0 Å². The molecule has 13 heteroatoms. The molecule has 3 N–H and O–H groups in total. The van der Waals surface area contributed by atoms with E-state index in [1.54, 1.807) is 33.8 Å². The number of hydrogen-bond acceptors (Lipinski definition) is 7. The molecule has 6 rings (SSSR count). The van der Waals surface area contributed by atoms with Crippen molar-refractivity contribution in [3.63, 3.8) is 0 Å². The fourth-order valence-electron chi connectivity index (χ4n) is 4.86. The zero-order valence-corrected chi connectivity index (χ0v) is 19.7. The van der Waals surface area contributed by atoms with E-state index in [1.165, 1.54) is 0 Å². The van der Waals surface area contributed by atoms with Gasteiger partial charge in [-0.1, -0.05) is 0 Å². The number of aromatic nitrogens is 5. The number of ether oxygens (including phenoxy) is 1. The normalized spacial score (nSPS) is 26.5. The Hall–Kier alpha value is -3.35. The standard InChI is InChI=1S/C23H27F3N8O2/c1-22(3-4-22)30-21(35)36-17-7-13(6-15(17)24)16-8-18(32-31-16)29-20-27-5-2-19-28-14(10-34(19)20)9-33-11-23(25,26)12-33/h2,5,8,10,13,15,17H,3-4,6-7,9,11-12H2,1H3,(H,30,35)(H2,27,29,31,32)/t13-,15+,17-/m0/s1. The minimum Gasteiger partial charge on any atom is -0.443 e. The molecule has 3 aromatic heterocycles. The molecule has 0 radical (unpaired) electrons. The van der Waals surface area contributed by atoms with Crippen LogP contribution in [0, 0.1) is 0 Å². The van der Waals surface area contributed by atoms with E-state index < -0.39 is 24.3 Å². The number of halogens is 3. The van der Waals surface area contributed by atoms with Crippen LogP contribution >= 0.6 is 0 Å². The number of carbonyl (C=O) groups excluding carboxylic acids is 1. The Morgan fingerprint density at radius 3 is 2.86 bits per heavy atom. The van der Waals surface area contributed by atoms with Crippen LogP contribution in [0.2, 0.25) is 0 Å². The lowest BCUT2D eigenvalue weighted by Crippen LogP contribution is -2.55. The van der Waals surface area contributed by atoms with Crippen LogP contribution in [0.25, 0.3) is 5.65 Å². The van der Waals surface area contributed by atoms with Gasteiger partial charge < -0.3 is 15.4 Å². The number of aromatic amines is 1. The van der Waals surface area contributed by atoms with Crippen LogP contribution in [0.3, 0.4) is 0 Å². The molecule has 1 saturated heterocycles. The highest BCUT2D eigenvalue weighted by atomic mass is 19.3. The highest BCUT2D eigenvalue weighted by Gasteiger charge is 2.44. The molecule has 1 aliphatic heterocycles. The summed E-state index contributed by atoms with van der Waals surface area (Å²) in [4.78, 5) is 22.6. The minimum absolute atomic E-state index is 0.171. The van der Waals surface area contributed by atoms with Gasteiger partial charge in [-0.25, -0.2) is 27.9 Å². The molecule has 10 nitrogen and oxygen atoms in total. The number of anilines is 2. The Balaban J connectivity index is 1.09. The monoisotopic (exact) mass is 504 g/mol. The molecule has 4 heterocycles. The topological polar surface area (TPSA) is 112 Å². The Morgan fingerprint density at radius 1 is 1.31 bits per heavy atom. The third kappa shape index (κ3) is 4.71. The van der Waals surface area contributed by atoms with Gasteiger partial charge in [0.2, 0.25) is 5.95 Å². The Morgan fingerprint density at radius 2 is 2.11 bits per heavy atom. The van der Waals surface area contributed by atoms with Gasteiger partial charge in [-0.3, -0.25) is 14.4 Å². The number of alkyl halides is 3. The van der Waals surface area contributed by atoms with Crippen molar-refractivity contribution in [2.75, 3.05) is 18.4 Å². The van der Waals surface area contributed by atoms with Gasteiger partial charge in [-0.2, -0.15) is 5.10 Å². The maximum Gasteiger partial charge on any atom is 0.407 e. The smallest absolute Gasteiger partial charge is 0.407 e. The number of rotatable bonds is 7. The predicted molar refractivity (Wildman–Crippen MR) is 123 cm³/mol. The molecule has 0 unspecified atom stereocenters. The fraction of sp³-hybridized carbons (Fsp3) is 0.565. The van der Waals surface area contributed by atoms with Gasteiger partial charge in [0.05, 0.1) is 18.8 Å². The third-order valence-corrected chi connectivity index (χ3v) is 7.10. The highest BCUT2D eigenvalue weighted by Crippen LogP contribution is 2.39. The maximum absolute atomic E-state index is 14.6. The zero-order chi connectivity index (χ0) is 25.1. The van der Waals surface area contributed by atoms with Gasteiger partial charge >= 0.3 is 6.09 Å². The van der Waals surface area contributed by atoms with E-state index in [0.29, 0.717) is 36.1 Å². The van der Waals surface area contributed by atoms with E-state index in [-0.39, 0.29) is 31.0 Å². The van der Waals surface area contributed by atoms with Crippen molar-refractivity contribution < 1.29 is 22.7 Å². The van der Waals surface area contributed by atoms with Crippen LogP contribution in [0.15, 0.2) is 24.5 Å². The lowest BCUT2D eigenvalue weighted by Gasteiger charge is -2.38. The number of imidazole rings is 1. The average molecular weight is 505 g/mol. The van der Waals surface area contributed by atoms with Crippen LogP contribution in [0.1, 0.15) is 49.9 Å². The largest absolute Gasteiger partial charge is 0.443 e. The molecule has 0 bridgehead atoms. The summed E-state index contributed by atoms with van der Waals surface area (Å²) in [6.45, 7) is 1.73. The van der Waals surface area contributed by atoms with Crippen LogP contribution < -0.4 is 10.6 Å². The van der Waals surface area contributed by atoms with E-state index >= 15 is 0 Å². The molecule has 2 saturated carbocycles. The van der Waals surface area contributed by atoms with E-state index in [4.69, 9.17) is 4.74 Å². The lowest BCUT2D eigenvalue weighted by molar-refractivity contribution is -0.134. The molecule has 192 valence electrons. The summed E-state index contributed by atoms with van der Waals surface area (Å²) in [7, 11) is 0. The first kappa shape index (κ1) is 23.1. The Kier molecular flexibility index (Phi) is 5.36. The first-order valence-electron chi connectivity index (χ1n) is 12.0. The summed E-state index contributed by atoms with van der Waals surface area (Å²) in [5.41, 5.74) is 1.80. The van der Waals surface area contributed by atoms with Crippen molar-refractivity contribution in [3.8, 4) is 0 Å². The van der Waals surface area contributed by atoms with Gasteiger partial charge in [0.15, 0.2) is 5.82 Å².